The highest BCUT2D eigenvalue weighted by Gasteiger charge is 2.36. The number of rotatable bonds is 1. The predicted octanol–water partition coefficient (Wildman–Crippen LogP) is 1.26. The van der Waals surface area contributed by atoms with Gasteiger partial charge in [0.1, 0.15) is 5.78 Å². The van der Waals surface area contributed by atoms with Gasteiger partial charge in [-0.3, -0.25) is 14.4 Å². The molecule has 2 aliphatic rings. The lowest BCUT2D eigenvalue weighted by atomic mass is 9.89. The summed E-state index contributed by atoms with van der Waals surface area (Å²) >= 11 is 0. The van der Waals surface area contributed by atoms with Crippen molar-refractivity contribution >= 4 is 17.5 Å². The van der Waals surface area contributed by atoms with Crippen molar-refractivity contribution in [3.8, 4) is 0 Å². The monoisotopic (exact) mass is 257 g/mol. The van der Waals surface area contributed by atoms with Gasteiger partial charge in [-0.15, -0.1) is 0 Å². The van der Waals surface area contributed by atoms with Gasteiger partial charge < -0.3 is 4.90 Å². The third-order valence-electron chi connectivity index (χ3n) is 3.94. The second-order valence-corrected chi connectivity index (χ2v) is 5.20. The van der Waals surface area contributed by atoms with Crippen LogP contribution in [0, 0.1) is 0 Å². The molecule has 0 radical (unpaired) electrons. The van der Waals surface area contributed by atoms with Gasteiger partial charge in [-0.25, -0.2) is 0 Å². The maximum absolute atomic E-state index is 12.2. The Morgan fingerprint density at radius 2 is 1.74 bits per heavy atom. The van der Waals surface area contributed by atoms with Gasteiger partial charge in [0.15, 0.2) is 5.78 Å². The zero-order valence-electron chi connectivity index (χ0n) is 10.6. The number of benzene rings is 1. The second kappa shape index (κ2) is 4.61. The molecule has 1 amide bonds. The fourth-order valence-electron chi connectivity index (χ4n) is 2.89. The molecular formula is C15H15NO3. The van der Waals surface area contributed by atoms with E-state index in [0.29, 0.717) is 25.8 Å². The van der Waals surface area contributed by atoms with Crippen LogP contribution in [-0.2, 0) is 27.3 Å². The second-order valence-electron chi connectivity index (χ2n) is 5.20. The lowest BCUT2D eigenvalue weighted by Gasteiger charge is -2.36. The van der Waals surface area contributed by atoms with E-state index in [2.05, 4.69) is 0 Å². The number of carbonyl (C=O) groups excluding carboxylic acids is 3. The van der Waals surface area contributed by atoms with E-state index in [1.165, 1.54) is 0 Å². The smallest absolute Gasteiger partial charge is 0.227 e. The third-order valence-corrected chi connectivity index (χ3v) is 3.94. The zero-order chi connectivity index (χ0) is 13.4. The molecule has 0 N–H and O–H groups in total. The van der Waals surface area contributed by atoms with Crippen LogP contribution < -0.4 is 0 Å². The van der Waals surface area contributed by atoms with Crippen LogP contribution >= 0.6 is 0 Å². The van der Waals surface area contributed by atoms with Crippen molar-refractivity contribution in [2.45, 2.75) is 38.3 Å². The van der Waals surface area contributed by atoms with Gasteiger partial charge in [0.2, 0.25) is 5.91 Å². The van der Waals surface area contributed by atoms with E-state index in [1.807, 2.05) is 24.3 Å². The highest BCUT2D eigenvalue weighted by atomic mass is 16.2. The lowest BCUT2D eigenvalue weighted by Crippen LogP contribution is -2.49. The summed E-state index contributed by atoms with van der Waals surface area (Å²) in [6, 6.07) is 7.41. The fraction of sp³-hybridized carbons (Fsp3) is 0.400. The molecule has 1 fully saturated rings. The third kappa shape index (κ3) is 2.18. The largest absolute Gasteiger partial charge is 0.328 e. The Hall–Kier alpha value is -1.97. The molecule has 1 aliphatic heterocycles. The van der Waals surface area contributed by atoms with Crippen LogP contribution in [0.5, 0.6) is 0 Å². The predicted molar refractivity (Wildman–Crippen MR) is 68.3 cm³/mol. The first kappa shape index (κ1) is 12.1. The van der Waals surface area contributed by atoms with E-state index >= 15 is 0 Å². The summed E-state index contributed by atoms with van der Waals surface area (Å²) in [5.74, 6) is -0.124. The van der Waals surface area contributed by atoms with E-state index in [4.69, 9.17) is 0 Å². The standard InChI is InChI=1S/C15H15NO3/c17-12-5-6-13(14(18)8-12)16-9-11-4-2-1-3-10(11)7-15(16)19/h1-4,13H,5-9H2/t13-/m0/s1. The number of hydrogen-bond donors (Lipinski definition) is 0. The number of fused-ring (bicyclic) bond motifs is 1. The molecule has 4 nitrogen and oxygen atoms in total. The average Bonchev–Trinajstić information content (AvgIpc) is 2.38. The summed E-state index contributed by atoms with van der Waals surface area (Å²) < 4.78 is 0. The molecule has 19 heavy (non-hydrogen) atoms. The minimum absolute atomic E-state index is 0.00796. The van der Waals surface area contributed by atoms with Crippen molar-refractivity contribution in [1.82, 2.24) is 4.90 Å². The van der Waals surface area contributed by atoms with Crippen LogP contribution in [0.15, 0.2) is 24.3 Å². The van der Waals surface area contributed by atoms with Crippen molar-refractivity contribution < 1.29 is 14.4 Å². The van der Waals surface area contributed by atoms with Gasteiger partial charge in [0.05, 0.1) is 18.9 Å². The van der Waals surface area contributed by atoms with Gasteiger partial charge in [0, 0.05) is 13.0 Å². The summed E-state index contributed by atoms with van der Waals surface area (Å²) in [4.78, 5) is 37.0. The van der Waals surface area contributed by atoms with Crippen LogP contribution in [0.25, 0.3) is 0 Å². The number of amides is 1. The molecule has 1 aromatic carbocycles. The van der Waals surface area contributed by atoms with Gasteiger partial charge in [-0.2, -0.15) is 0 Å². The molecule has 4 heteroatoms. The normalized spacial score (nSPS) is 23.5. The highest BCUT2D eigenvalue weighted by molar-refractivity contribution is 6.05. The molecule has 0 spiro atoms. The lowest BCUT2D eigenvalue weighted by molar-refractivity contribution is -0.144. The highest BCUT2D eigenvalue weighted by Crippen LogP contribution is 2.25. The maximum Gasteiger partial charge on any atom is 0.227 e. The van der Waals surface area contributed by atoms with Crippen molar-refractivity contribution in [3.63, 3.8) is 0 Å². The first-order valence-electron chi connectivity index (χ1n) is 6.56. The summed E-state index contributed by atoms with van der Waals surface area (Å²) in [5, 5.41) is 0. The van der Waals surface area contributed by atoms with E-state index in [9.17, 15) is 14.4 Å². The van der Waals surface area contributed by atoms with E-state index in [0.717, 1.165) is 11.1 Å². The fourth-order valence-corrected chi connectivity index (χ4v) is 2.89. The van der Waals surface area contributed by atoms with Crippen LogP contribution in [0.3, 0.4) is 0 Å². The Kier molecular flexibility index (Phi) is 2.93. The molecule has 0 unspecified atom stereocenters. The molecule has 0 aromatic heterocycles. The quantitative estimate of drug-likeness (QED) is 0.712. The molecule has 1 aromatic rings. The Balaban J connectivity index is 1.85. The molecule has 1 saturated carbocycles. The van der Waals surface area contributed by atoms with Crippen molar-refractivity contribution in [2.24, 2.45) is 0 Å². The first-order chi connectivity index (χ1) is 9.15. The molecule has 98 valence electrons. The maximum atomic E-state index is 12.2. The summed E-state index contributed by atoms with van der Waals surface area (Å²) in [7, 11) is 0. The minimum Gasteiger partial charge on any atom is -0.328 e. The van der Waals surface area contributed by atoms with Crippen LogP contribution in [0.1, 0.15) is 30.4 Å². The molecule has 3 rings (SSSR count). The van der Waals surface area contributed by atoms with Gasteiger partial charge >= 0.3 is 0 Å². The van der Waals surface area contributed by atoms with Gasteiger partial charge in [-0.05, 0) is 17.5 Å². The molecule has 1 atom stereocenters. The van der Waals surface area contributed by atoms with Crippen LogP contribution in [0.2, 0.25) is 0 Å². The number of ketones is 2. The first-order valence-corrected chi connectivity index (χ1v) is 6.56. The minimum atomic E-state index is -0.404. The van der Waals surface area contributed by atoms with E-state index in [-0.39, 0.29) is 23.9 Å². The molecule has 0 saturated heterocycles. The number of hydrogen-bond acceptors (Lipinski definition) is 3. The van der Waals surface area contributed by atoms with Crippen molar-refractivity contribution in [3.05, 3.63) is 35.4 Å². The Labute approximate surface area is 111 Å². The van der Waals surface area contributed by atoms with Gasteiger partial charge in [0.25, 0.3) is 0 Å². The Morgan fingerprint density at radius 3 is 2.47 bits per heavy atom. The summed E-state index contributed by atoms with van der Waals surface area (Å²) in [6.07, 6.45) is 1.22. The van der Waals surface area contributed by atoms with Crippen LogP contribution in [0.4, 0.5) is 0 Å². The van der Waals surface area contributed by atoms with Gasteiger partial charge in [-0.1, -0.05) is 24.3 Å². The Morgan fingerprint density at radius 1 is 1.00 bits per heavy atom. The zero-order valence-corrected chi connectivity index (χ0v) is 10.6. The van der Waals surface area contributed by atoms with E-state index < -0.39 is 6.04 Å². The van der Waals surface area contributed by atoms with Crippen molar-refractivity contribution in [2.75, 3.05) is 0 Å². The SMILES string of the molecule is O=C1CC[C@H](N2Cc3ccccc3CC2=O)C(=O)C1. The van der Waals surface area contributed by atoms with E-state index in [1.54, 1.807) is 4.90 Å². The number of Topliss-reactive ketones (excluding diaryl/α,β-unsaturated/α-hetero) is 2. The molecule has 1 aliphatic carbocycles. The topological polar surface area (TPSA) is 54.5 Å². The molecule has 0 bridgehead atoms. The molecular weight excluding hydrogens is 242 g/mol. The summed E-state index contributed by atoms with van der Waals surface area (Å²) in [6.45, 7) is 0.486. The average molecular weight is 257 g/mol. The number of carbonyl (C=O) groups is 3. The van der Waals surface area contributed by atoms with Crippen LogP contribution in [-0.4, -0.2) is 28.4 Å². The summed E-state index contributed by atoms with van der Waals surface area (Å²) in [5.41, 5.74) is 2.15. The van der Waals surface area contributed by atoms with Crippen molar-refractivity contribution in [1.29, 1.82) is 0 Å². The molecule has 1 heterocycles. The number of nitrogens with zero attached hydrogens (tertiary/aromatic N) is 1. The Bertz CT molecular complexity index is 564.